The lowest BCUT2D eigenvalue weighted by Gasteiger charge is -2.15. The first-order valence-electron chi connectivity index (χ1n) is 10.3. The van der Waals surface area contributed by atoms with E-state index in [9.17, 15) is 9.90 Å². The number of hydrogen-bond donors (Lipinski definition) is 3. The van der Waals surface area contributed by atoms with E-state index in [0.717, 1.165) is 34.6 Å². The SMILES string of the molecule is O=C(O)c1ccc(-c2ccc3c(c2)CC(CNCC(O)COc2ccccc2)O3)cc1. The monoisotopic (exact) mass is 419 g/mol. The van der Waals surface area contributed by atoms with Crippen LogP contribution < -0.4 is 14.8 Å². The summed E-state index contributed by atoms with van der Waals surface area (Å²) in [5, 5.41) is 22.4. The molecule has 2 atom stereocenters. The molecule has 2 unspecified atom stereocenters. The normalized spacial score (nSPS) is 15.7. The van der Waals surface area contributed by atoms with Gasteiger partial charge in [0, 0.05) is 19.5 Å². The fraction of sp³-hybridized carbons (Fsp3) is 0.240. The molecule has 0 saturated carbocycles. The Bertz CT molecular complexity index is 1020. The lowest BCUT2D eigenvalue weighted by molar-refractivity contribution is 0.0697. The van der Waals surface area contributed by atoms with Gasteiger partial charge in [0.25, 0.3) is 0 Å². The van der Waals surface area contributed by atoms with Crippen molar-refractivity contribution >= 4 is 5.97 Å². The third-order valence-corrected chi connectivity index (χ3v) is 5.20. The van der Waals surface area contributed by atoms with Gasteiger partial charge in [-0.15, -0.1) is 0 Å². The Morgan fingerprint density at radius 3 is 2.55 bits per heavy atom. The van der Waals surface area contributed by atoms with Crippen molar-refractivity contribution in [2.45, 2.75) is 18.6 Å². The van der Waals surface area contributed by atoms with Crippen molar-refractivity contribution in [1.29, 1.82) is 0 Å². The Hall–Kier alpha value is -3.35. The summed E-state index contributed by atoms with van der Waals surface area (Å²) in [6, 6.07) is 22.3. The highest BCUT2D eigenvalue weighted by Gasteiger charge is 2.23. The summed E-state index contributed by atoms with van der Waals surface area (Å²) in [7, 11) is 0. The summed E-state index contributed by atoms with van der Waals surface area (Å²) in [5.41, 5.74) is 3.40. The van der Waals surface area contributed by atoms with Crippen molar-refractivity contribution in [3.8, 4) is 22.6 Å². The first-order chi connectivity index (χ1) is 15.1. The molecule has 3 aromatic rings. The van der Waals surface area contributed by atoms with Crippen LogP contribution in [0.25, 0.3) is 11.1 Å². The lowest BCUT2D eigenvalue weighted by Crippen LogP contribution is -2.37. The van der Waals surface area contributed by atoms with Crippen LogP contribution in [0.3, 0.4) is 0 Å². The summed E-state index contributed by atoms with van der Waals surface area (Å²) in [5.74, 6) is 0.677. The Labute approximate surface area is 181 Å². The molecule has 3 N–H and O–H groups in total. The van der Waals surface area contributed by atoms with Gasteiger partial charge < -0.3 is 25.0 Å². The third kappa shape index (κ3) is 5.42. The summed E-state index contributed by atoms with van der Waals surface area (Å²) in [6.07, 6.45) is 0.172. The molecule has 6 nitrogen and oxygen atoms in total. The van der Waals surface area contributed by atoms with Gasteiger partial charge in [-0.05, 0) is 53.1 Å². The van der Waals surface area contributed by atoms with Crippen molar-refractivity contribution in [1.82, 2.24) is 5.32 Å². The highest BCUT2D eigenvalue weighted by Crippen LogP contribution is 2.33. The fourth-order valence-corrected chi connectivity index (χ4v) is 3.60. The maximum Gasteiger partial charge on any atom is 0.335 e. The zero-order valence-electron chi connectivity index (χ0n) is 17.0. The number of fused-ring (bicyclic) bond motifs is 1. The number of benzene rings is 3. The molecule has 0 aromatic heterocycles. The number of aliphatic hydroxyl groups excluding tert-OH is 1. The minimum atomic E-state index is -0.930. The number of hydrogen-bond acceptors (Lipinski definition) is 5. The first kappa shape index (κ1) is 20.9. The first-order valence-corrected chi connectivity index (χ1v) is 10.3. The molecule has 31 heavy (non-hydrogen) atoms. The molecule has 0 aliphatic carbocycles. The maximum atomic E-state index is 11.0. The number of para-hydroxylation sites is 1. The summed E-state index contributed by atoms with van der Waals surface area (Å²) in [4.78, 5) is 11.0. The maximum absolute atomic E-state index is 11.0. The van der Waals surface area contributed by atoms with Gasteiger partial charge in [-0.1, -0.05) is 36.4 Å². The van der Waals surface area contributed by atoms with Crippen LogP contribution in [-0.4, -0.2) is 48.1 Å². The zero-order chi connectivity index (χ0) is 21.6. The van der Waals surface area contributed by atoms with Gasteiger partial charge in [0.05, 0.1) is 5.56 Å². The van der Waals surface area contributed by atoms with Crippen LogP contribution in [0.15, 0.2) is 72.8 Å². The second-order valence-electron chi connectivity index (χ2n) is 7.59. The number of ether oxygens (including phenoxy) is 2. The molecule has 1 aliphatic heterocycles. The number of carboxylic acid groups (broad SMARTS) is 1. The molecule has 0 radical (unpaired) electrons. The molecule has 0 saturated heterocycles. The van der Waals surface area contributed by atoms with Crippen LogP contribution in [0.5, 0.6) is 11.5 Å². The molecule has 1 heterocycles. The third-order valence-electron chi connectivity index (χ3n) is 5.20. The predicted molar refractivity (Wildman–Crippen MR) is 118 cm³/mol. The smallest absolute Gasteiger partial charge is 0.335 e. The van der Waals surface area contributed by atoms with Gasteiger partial charge in [0.1, 0.15) is 30.3 Å². The van der Waals surface area contributed by atoms with E-state index >= 15 is 0 Å². The van der Waals surface area contributed by atoms with Crippen molar-refractivity contribution in [2.24, 2.45) is 0 Å². The Morgan fingerprint density at radius 1 is 1.06 bits per heavy atom. The number of rotatable bonds is 9. The van der Waals surface area contributed by atoms with Crippen molar-refractivity contribution in [2.75, 3.05) is 19.7 Å². The average molecular weight is 419 g/mol. The Morgan fingerprint density at radius 2 is 1.81 bits per heavy atom. The molecule has 1 aliphatic rings. The van der Waals surface area contributed by atoms with E-state index in [1.54, 1.807) is 12.1 Å². The molecule has 0 fully saturated rings. The van der Waals surface area contributed by atoms with Crippen LogP contribution in [0, 0.1) is 0 Å². The quantitative estimate of drug-likeness (QED) is 0.493. The highest BCUT2D eigenvalue weighted by atomic mass is 16.5. The van der Waals surface area contributed by atoms with E-state index in [4.69, 9.17) is 14.6 Å². The van der Waals surface area contributed by atoms with Gasteiger partial charge in [0.2, 0.25) is 0 Å². The average Bonchev–Trinajstić information content (AvgIpc) is 3.20. The Kier molecular flexibility index (Phi) is 6.50. The summed E-state index contributed by atoms with van der Waals surface area (Å²) >= 11 is 0. The van der Waals surface area contributed by atoms with Crippen molar-refractivity contribution in [3.05, 3.63) is 83.9 Å². The van der Waals surface area contributed by atoms with Gasteiger partial charge in [-0.2, -0.15) is 0 Å². The van der Waals surface area contributed by atoms with E-state index in [2.05, 4.69) is 11.4 Å². The Balaban J connectivity index is 1.25. The topological polar surface area (TPSA) is 88.0 Å². The van der Waals surface area contributed by atoms with Gasteiger partial charge in [-0.3, -0.25) is 0 Å². The van der Waals surface area contributed by atoms with E-state index in [-0.39, 0.29) is 18.3 Å². The minimum absolute atomic E-state index is 0.00174. The van der Waals surface area contributed by atoms with Crippen LogP contribution in [0.2, 0.25) is 0 Å². The van der Waals surface area contributed by atoms with Gasteiger partial charge in [-0.25, -0.2) is 4.79 Å². The predicted octanol–water partition coefficient (Wildman–Crippen LogP) is 3.38. The minimum Gasteiger partial charge on any atom is -0.491 e. The van der Waals surface area contributed by atoms with Crippen LogP contribution >= 0.6 is 0 Å². The van der Waals surface area contributed by atoms with E-state index in [1.807, 2.05) is 54.6 Å². The van der Waals surface area contributed by atoms with E-state index in [0.29, 0.717) is 13.1 Å². The number of aliphatic hydroxyl groups is 1. The molecule has 0 spiro atoms. The van der Waals surface area contributed by atoms with Gasteiger partial charge in [0.15, 0.2) is 0 Å². The van der Waals surface area contributed by atoms with Crippen LogP contribution in [-0.2, 0) is 6.42 Å². The summed E-state index contributed by atoms with van der Waals surface area (Å²) < 4.78 is 11.6. The van der Waals surface area contributed by atoms with E-state index < -0.39 is 12.1 Å². The van der Waals surface area contributed by atoms with Crippen LogP contribution in [0.1, 0.15) is 15.9 Å². The second kappa shape index (κ2) is 9.64. The number of nitrogens with one attached hydrogen (secondary N) is 1. The molecule has 0 amide bonds. The summed E-state index contributed by atoms with van der Waals surface area (Å²) in [6.45, 7) is 1.27. The fourth-order valence-electron chi connectivity index (χ4n) is 3.60. The largest absolute Gasteiger partial charge is 0.491 e. The molecular formula is C25H25NO5. The molecule has 3 aromatic carbocycles. The van der Waals surface area contributed by atoms with Crippen LogP contribution in [0.4, 0.5) is 0 Å². The molecule has 0 bridgehead atoms. The molecule has 6 heteroatoms. The molecular weight excluding hydrogens is 394 g/mol. The van der Waals surface area contributed by atoms with Crippen molar-refractivity contribution < 1.29 is 24.5 Å². The zero-order valence-corrected chi connectivity index (χ0v) is 17.0. The van der Waals surface area contributed by atoms with E-state index in [1.165, 1.54) is 0 Å². The molecule has 160 valence electrons. The number of carboxylic acids is 1. The van der Waals surface area contributed by atoms with Gasteiger partial charge >= 0.3 is 5.97 Å². The standard InChI is InChI=1S/C25H25NO5/c27-21(16-30-22-4-2-1-3-5-22)14-26-15-23-13-20-12-19(10-11-24(20)31-23)17-6-8-18(9-7-17)25(28)29/h1-12,21,23,26-27H,13-16H2,(H,28,29). The second-order valence-corrected chi connectivity index (χ2v) is 7.59. The highest BCUT2D eigenvalue weighted by molar-refractivity contribution is 5.88. The lowest BCUT2D eigenvalue weighted by atomic mass is 10.00. The number of aromatic carboxylic acids is 1. The molecule has 4 rings (SSSR count). The van der Waals surface area contributed by atoms with Crippen molar-refractivity contribution in [3.63, 3.8) is 0 Å². The number of carbonyl (C=O) groups is 1.